The van der Waals surface area contributed by atoms with Gasteiger partial charge in [-0.1, -0.05) is 20.3 Å². The zero-order valence-corrected chi connectivity index (χ0v) is 10.8. The molecule has 3 nitrogen and oxygen atoms in total. The minimum Gasteiger partial charge on any atom is -0.363 e. The molecule has 0 aromatic heterocycles. The highest BCUT2D eigenvalue weighted by Crippen LogP contribution is 2.20. The van der Waals surface area contributed by atoms with E-state index in [1.807, 2.05) is 0 Å². The maximum atomic E-state index is 5.85. The molecule has 2 rings (SSSR count). The van der Waals surface area contributed by atoms with Crippen LogP contribution in [0.3, 0.4) is 0 Å². The Morgan fingerprint density at radius 3 is 2.62 bits per heavy atom. The molecule has 0 aromatic carbocycles. The summed E-state index contributed by atoms with van der Waals surface area (Å²) >= 11 is 0. The smallest absolute Gasteiger partial charge is 0.109 e. The molecule has 0 amide bonds. The fourth-order valence-corrected chi connectivity index (χ4v) is 2.49. The summed E-state index contributed by atoms with van der Waals surface area (Å²) in [5, 5.41) is 3.50. The number of piperidine rings is 1. The zero-order chi connectivity index (χ0) is 11.4. The number of ether oxygens (including phenoxy) is 1. The van der Waals surface area contributed by atoms with Crippen LogP contribution in [0.4, 0.5) is 0 Å². The van der Waals surface area contributed by atoms with Crippen molar-refractivity contribution in [3.05, 3.63) is 0 Å². The van der Waals surface area contributed by atoms with Gasteiger partial charge in [-0.15, -0.1) is 0 Å². The summed E-state index contributed by atoms with van der Waals surface area (Å²) < 4.78 is 5.85. The molecule has 0 bridgehead atoms. The lowest BCUT2D eigenvalue weighted by Crippen LogP contribution is -2.49. The van der Waals surface area contributed by atoms with Gasteiger partial charge in [-0.2, -0.15) is 0 Å². The summed E-state index contributed by atoms with van der Waals surface area (Å²) in [6.07, 6.45) is 5.60. The van der Waals surface area contributed by atoms with E-state index in [0.29, 0.717) is 5.41 Å². The average molecular weight is 226 g/mol. The molecule has 1 atom stereocenters. The number of rotatable bonds is 3. The van der Waals surface area contributed by atoms with E-state index < -0.39 is 0 Å². The monoisotopic (exact) mass is 226 g/mol. The van der Waals surface area contributed by atoms with Crippen molar-refractivity contribution < 1.29 is 4.74 Å². The molecule has 0 radical (unpaired) electrons. The van der Waals surface area contributed by atoms with Gasteiger partial charge in [0.1, 0.15) is 6.23 Å². The fraction of sp³-hybridized carbons (Fsp3) is 1.00. The van der Waals surface area contributed by atoms with E-state index in [9.17, 15) is 0 Å². The van der Waals surface area contributed by atoms with Gasteiger partial charge in [-0.25, -0.2) is 0 Å². The molecule has 1 unspecified atom stereocenters. The van der Waals surface area contributed by atoms with Gasteiger partial charge in [-0.05, 0) is 32.4 Å². The molecule has 94 valence electrons. The van der Waals surface area contributed by atoms with Gasteiger partial charge in [0, 0.05) is 18.5 Å². The van der Waals surface area contributed by atoms with Crippen LogP contribution in [0.15, 0.2) is 0 Å². The lowest BCUT2D eigenvalue weighted by Gasteiger charge is -2.36. The van der Waals surface area contributed by atoms with Crippen LogP contribution in [0.1, 0.15) is 39.5 Å². The Hall–Kier alpha value is -0.120. The third-order valence-electron chi connectivity index (χ3n) is 3.64. The van der Waals surface area contributed by atoms with Crippen molar-refractivity contribution in [3.63, 3.8) is 0 Å². The third kappa shape index (κ3) is 3.72. The highest BCUT2D eigenvalue weighted by atomic mass is 16.5. The molecule has 3 heteroatoms. The molecule has 2 heterocycles. The first-order valence-corrected chi connectivity index (χ1v) is 6.73. The highest BCUT2D eigenvalue weighted by molar-refractivity contribution is 4.78. The normalized spacial score (nSPS) is 31.5. The Bertz CT molecular complexity index is 202. The first-order chi connectivity index (χ1) is 7.66. The molecule has 2 saturated heterocycles. The zero-order valence-electron chi connectivity index (χ0n) is 10.8. The molecule has 0 spiro atoms. The quantitative estimate of drug-likeness (QED) is 0.794. The third-order valence-corrected chi connectivity index (χ3v) is 3.64. The van der Waals surface area contributed by atoms with Gasteiger partial charge < -0.3 is 9.64 Å². The Labute approximate surface area is 99.5 Å². The van der Waals surface area contributed by atoms with Crippen molar-refractivity contribution in [1.29, 1.82) is 0 Å². The molecule has 0 aromatic rings. The van der Waals surface area contributed by atoms with E-state index in [1.54, 1.807) is 0 Å². The first kappa shape index (κ1) is 12.3. The molecule has 1 N–H and O–H groups in total. The van der Waals surface area contributed by atoms with Crippen LogP contribution < -0.4 is 5.32 Å². The second-order valence-electron chi connectivity index (χ2n) is 6.04. The molecule has 2 aliphatic rings. The van der Waals surface area contributed by atoms with Crippen molar-refractivity contribution >= 4 is 0 Å². The second-order valence-corrected chi connectivity index (χ2v) is 6.04. The van der Waals surface area contributed by atoms with Gasteiger partial charge in [0.2, 0.25) is 0 Å². The van der Waals surface area contributed by atoms with Crippen molar-refractivity contribution in [3.8, 4) is 0 Å². The van der Waals surface area contributed by atoms with Crippen LogP contribution in [0.5, 0.6) is 0 Å². The van der Waals surface area contributed by atoms with Crippen LogP contribution in [0.2, 0.25) is 0 Å². The summed E-state index contributed by atoms with van der Waals surface area (Å²) in [6.45, 7) is 10.2. The van der Waals surface area contributed by atoms with E-state index in [4.69, 9.17) is 4.74 Å². The predicted octanol–water partition coefficient (Wildman–Crippen LogP) is 1.83. The van der Waals surface area contributed by atoms with Gasteiger partial charge in [0.05, 0.1) is 6.61 Å². The Morgan fingerprint density at radius 2 is 2.00 bits per heavy atom. The van der Waals surface area contributed by atoms with E-state index in [0.717, 1.165) is 19.6 Å². The molecular formula is C13H26N2O. The first-order valence-electron chi connectivity index (χ1n) is 6.73. The number of likely N-dealkylation sites (tertiary alicyclic amines) is 1. The van der Waals surface area contributed by atoms with Crippen molar-refractivity contribution in [2.75, 3.05) is 32.8 Å². The molecule has 0 saturated carbocycles. The van der Waals surface area contributed by atoms with Crippen LogP contribution >= 0.6 is 0 Å². The van der Waals surface area contributed by atoms with Crippen LogP contribution in [-0.4, -0.2) is 43.9 Å². The van der Waals surface area contributed by atoms with Gasteiger partial charge in [0.15, 0.2) is 0 Å². The number of hydrogen-bond acceptors (Lipinski definition) is 3. The van der Waals surface area contributed by atoms with E-state index in [-0.39, 0.29) is 6.23 Å². The standard InChI is InChI=1S/C13H26N2O/c1-13(2)10-14-12(16-11-13)6-9-15-7-4-3-5-8-15/h12,14H,3-11H2,1-2H3. The van der Waals surface area contributed by atoms with Crippen molar-refractivity contribution in [2.45, 2.75) is 45.8 Å². The maximum Gasteiger partial charge on any atom is 0.109 e. The number of nitrogens with one attached hydrogen (secondary N) is 1. The Balaban J connectivity index is 1.63. The molecule has 16 heavy (non-hydrogen) atoms. The van der Waals surface area contributed by atoms with Crippen molar-refractivity contribution in [1.82, 2.24) is 10.2 Å². The second kappa shape index (κ2) is 5.48. The summed E-state index contributed by atoms with van der Waals surface area (Å²) in [4.78, 5) is 2.58. The lowest BCUT2D eigenvalue weighted by molar-refractivity contribution is -0.0640. The Morgan fingerprint density at radius 1 is 1.25 bits per heavy atom. The summed E-state index contributed by atoms with van der Waals surface area (Å²) in [7, 11) is 0. The van der Waals surface area contributed by atoms with Crippen LogP contribution in [-0.2, 0) is 4.74 Å². The van der Waals surface area contributed by atoms with Crippen LogP contribution in [0.25, 0.3) is 0 Å². The van der Waals surface area contributed by atoms with Gasteiger partial charge in [0.25, 0.3) is 0 Å². The maximum absolute atomic E-state index is 5.85. The summed E-state index contributed by atoms with van der Waals surface area (Å²) in [5.74, 6) is 0. The van der Waals surface area contributed by atoms with E-state index >= 15 is 0 Å². The van der Waals surface area contributed by atoms with Crippen molar-refractivity contribution in [2.24, 2.45) is 5.41 Å². The topological polar surface area (TPSA) is 24.5 Å². The number of hydrogen-bond donors (Lipinski definition) is 1. The van der Waals surface area contributed by atoms with E-state index in [1.165, 1.54) is 38.9 Å². The summed E-state index contributed by atoms with van der Waals surface area (Å²) in [6, 6.07) is 0. The molecule has 0 aliphatic carbocycles. The minimum absolute atomic E-state index is 0.287. The average Bonchev–Trinajstić information content (AvgIpc) is 2.29. The minimum atomic E-state index is 0.287. The van der Waals surface area contributed by atoms with Crippen LogP contribution in [0, 0.1) is 5.41 Å². The SMILES string of the molecule is CC1(C)CNC(CCN2CCCCC2)OC1. The highest BCUT2D eigenvalue weighted by Gasteiger charge is 2.27. The van der Waals surface area contributed by atoms with Gasteiger partial charge >= 0.3 is 0 Å². The molecule has 2 fully saturated rings. The fourth-order valence-electron chi connectivity index (χ4n) is 2.49. The molecule has 2 aliphatic heterocycles. The summed E-state index contributed by atoms with van der Waals surface area (Å²) in [5.41, 5.74) is 0.307. The predicted molar refractivity (Wildman–Crippen MR) is 66.4 cm³/mol. The number of nitrogens with zero attached hydrogens (tertiary/aromatic N) is 1. The Kier molecular flexibility index (Phi) is 4.22. The molecular weight excluding hydrogens is 200 g/mol. The van der Waals surface area contributed by atoms with Gasteiger partial charge in [-0.3, -0.25) is 5.32 Å². The largest absolute Gasteiger partial charge is 0.363 e. The van der Waals surface area contributed by atoms with E-state index in [2.05, 4.69) is 24.1 Å². The lowest BCUT2D eigenvalue weighted by atomic mass is 9.93.